The topological polar surface area (TPSA) is 50.1 Å². The summed E-state index contributed by atoms with van der Waals surface area (Å²) in [5.74, 6) is 1.74. The van der Waals surface area contributed by atoms with Crippen molar-refractivity contribution in [3.8, 4) is 0 Å². The van der Waals surface area contributed by atoms with Gasteiger partial charge in [-0.3, -0.25) is 0 Å². The third kappa shape index (κ3) is 4.77. The van der Waals surface area contributed by atoms with E-state index in [-0.39, 0.29) is 11.2 Å². The minimum Gasteiger partial charge on any atom is -0.355 e. The van der Waals surface area contributed by atoms with E-state index in [1.807, 2.05) is 0 Å². The van der Waals surface area contributed by atoms with Crippen molar-refractivity contribution in [1.82, 2.24) is 24.6 Å². The second-order valence-electron chi connectivity index (χ2n) is 10.2. The number of hydrogen-bond acceptors (Lipinski definition) is 5. The van der Waals surface area contributed by atoms with Gasteiger partial charge in [-0.25, -0.2) is 14.6 Å². The maximum absolute atomic E-state index is 13.8. The minimum atomic E-state index is -4.66. The van der Waals surface area contributed by atoms with E-state index in [2.05, 4.69) is 38.7 Å². The zero-order valence-corrected chi connectivity index (χ0v) is 21.9. The number of halogens is 5. The largest absolute Gasteiger partial charge is 0.437 e. The third-order valence-electron chi connectivity index (χ3n) is 7.56. The van der Waals surface area contributed by atoms with Crippen LogP contribution in [0.5, 0.6) is 0 Å². The second kappa shape index (κ2) is 9.65. The molecule has 2 aliphatic rings. The van der Waals surface area contributed by atoms with E-state index in [0.29, 0.717) is 39.3 Å². The van der Waals surface area contributed by atoms with Gasteiger partial charge in [0.25, 0.3) is 0 Å². The predicted octanol–water partition coefficient (Wildman–Crippen LogP) is 6.32. The summed E-state index contributed by atoms with van der Waals surface area (Å²) in [6.07, 6.45) is -0.807. The third-order valence-corrected chi connectivity index (χ3v) is 8.12. The molecule has 3 aromatic rings. The van der Waals surface area contributed by atoms with Gasteiger partial charge in [0.2, 0.25) is 0 Å². The molecule has 0 N–H and O–H groups in total. The molecule has 5 rings (SSSR count). The van der Waals surface area contributed by atoms with Crippen LogP contribution in [-0.4, -0.2) is 56.9 Å². The summed E-state index contributed by atoms with van der Waals surface area (Å²) in [4.78, 5) is 13.4. The van der Waals surface area contributed by atoms with Crippen LogP contribution in [0.15, 0.2) is 24.4 Å². The maximum atomic E-state index is 13.8. The Labute approximate surface area is 218 Å². The Bertz CT molecular complexity index is 1250. The highest BCUT2D eigenvalue weighted by Gasteiger charge is 2.40. The fraction of sp³-hybridized carbons (Fsp3) is 0.560. The molecule has 2 atom stereocenters. The fourth-order valence-electron chi connectivity index (χ4n) is 5.38. The average Bonchev–Trinajstić information content (AvgIpc) is 3.17. The van der Waals surface area contributed by atoms with Crippen LogP contribution < -0.4 is 4.90 Å². The molecule has 0 saturated carbocycles. The number of aromatic nitrogens is 4. The van der Waals surface area contributed by atoms with E-state index in [4.69, 9.17) is 23.2 Å². The lowest BCUT2D eigenvalue weighted by molar-refractivity contribution is -0.140. The highest BCUT2D eigenvalue weighted by atomic mass is 35.5. The smallest absolute Gasteiger partial charge is 0.355 e. The van der Waals surface area contributed by atoms with Crippen molar-refractivity contribution < 1.29 is 13.2 Å². The molecule has 0 radical (unpaired) electrons. The SMILES string of the molecule is CC(C)N1CCC[C@H](C2CN(c3cnc4c(C(F)(F)F)nn([C@H](C)c5ccc(Cl)cc5Cl)c4n3)C2)C1. The molecule has 0 bridgehead atoms. The van der Waals surface area contributed by atoms with Gasteiger partial charge in [0, 0.05) is 35.7 Å². The number of rotatable bonds is 5. The standard InChI is InChI=1S/C25H29Cl2F3N6/c1-14(2)34-8-4-5-16(11-34)17-12-35(13-17)21-10-31-22-23(25(28,29)30)33-36(24(22)32-21)15(3)19-7-6-18(26)9-20(19)27/h6-7,9-10,14-17H,4-5,8,11-13H2,1-3H3/t15-,16+/m1/s1. The number of anilines is 1. The van der Waals surface area contributed by atoms with Crippen molar-refractivity contribution in [2.75, 3.05) is 31.1 Å². The summed E-state index contributed by atoms with van der Waals surface area (Å²) >= 11 is 12.4. The van der Waals surface area contributed by atoms with Crippen LogP contribution in [0, 0.1) is 11.8 Å². The van der Waals surface area contributed by atoms with Crippen molar-refractivity contribution in [2.45, 2.75) is 51.9 Å². The van der Waals surface area contributed by atoms with Gasteiger partial charge in [-0.1, -0.05) is 29.3 Å². The van der Waals surface area contributed by atoms with Crippen LogP contribution >= 0.6 is 23.2 Å². The highest BCUT2D eigenvalue weighted by molar-refractivity contribution is 6.35. The quantitative estimate of drug-likeness (QED) is 0.379. The van der Waals surface area contributed by atoms with Gasteiger partial charge in [-0.2, -0.15) is 18.3 Å². The summed E-state index contributed by atoms with van der Waals surface area (Å²) in [5, 5.41) is 4.71. The average molecular weight is 541 g/mol. The number of alkyl halides is 3. The maximum Gasteiger partial charge on any atom is 0.437 e. The van der Waals surface area contributed by atoms with E-state index < -0.39 is 17.9 Å². The molecular formula is C25H29Cl2F3N6. The zero-order chi connectivity index (χ0) is 25.8. The normalized spacial score (nSPS) is 20.8. The molecule has 194 valence electrons. The van der Waals surface area contributed by atoms with Crippen molar-refractivity contribution in [2.24, 2.45) is 11.8 Å². The van der Waals surface area contributed by atoms with Crippen LogP contribution in [0.4, 0.5) is 19.0 Å². The molecule has 2 aromatic heterocycles. The molecule has 1 aromatic carbocycles. The Balaban J connectivity index is 1.43. The first-order valence-electron chi connectivity index (χ1n) is 12.3. The molecule has 0 aliphatic carbocycles. The van der Waals surface area contributed by atoms with Gasteiger partial charge in [-0.15, -0.1) is 0 Å². The van der Waals surface area contributed by atoms with E-state index >= 15 is 0 Å². The molecule has 6 nitrogen and oxygen atoms in total. The van der Waals surface area contributed by atoms with Gasteiger partial charge in [0.05, 0.1) is 12.2 Å². The Morgan fingerprint density at radius 2 is 1.81 bits per heavy atom. The lowest BCUT2D eigenvalue weighted by Gasteiger charge is -2.47. The van der Waals surface area contributed by atoms with Crippen LogP contribution in [-0.2, 0) is 6.18 Å². The van der Waals surface area contributed by atoms with Crippen molar-refractivity contribution in [3.05, 3.63) is 45.7 Å². The zero-order valence-electron chi connectivity index (χ0n) is 20.4. The van der Waals surface area contributed by atoms with Gasteiger partial charge in [0.15, 0.2) is 11.3 Å². The monoisotopic (exact) mass is 540 g/mol. The van der Waals surface area contributed by atoms with Gasteiger partial charge < -0.3 is 9.80 Å². The molecule has 2 saturated heterocycles. The van der Waals surface area contributed by atoms with Crippen molar-refractivity contribution in [3.63, 3.8) is 0 Å². The first-order valence-corrected chi connectivity index (χ1v) is 13.0. The predicted molar refractivity (Wildman–Crippen MR) is 136 cm³/mol. The molecule has 2 aliphatic heterocycles. The molecule has 0 unspecified atom stereocenters. The minimum absolute atomic E-state index is 0.0884. The lowest BCUT2D eigenvalue weighted by atomic mass is 9.80. The fourth-order valence-corrected chi connectivity index (χ4v) is 5.94. The van der Waals surface area contributed by atoms with Gasteiger partial charge in [0.1, 0.15) is 11.3 Å². The second-order valence-corrected chi connectivity index (χ2v) is 11.0. The number of fused-ring (bicyclic) bond motifs is 1. The first-order chi connectivity index (χ1) is 17.0. The number of piperidine rings is 1. The number of benzene rings is 1. The Hall–Kier alpha value is -2.10. The number of nitrogens with zero attached hydrogens (tertiary/aromatic N) is 6. The summed E-state index contributed by atoms with van der Waals surface area (Å²) in [6, 6.07) is 4.84. The Morgan fingerprint density at radius 3 is 2.47 bits per heavy atom. The molecule has 4 heterocycles. The van der Waals surface area contributed by atoms with E-state index in [1.165, 1.54) is 23.7 Å². The molecule has 11 heteroatoms. The van der Waals surface area contributed by atoms with Crippen LogP contribution in [0.2, 0.25) is 10.0 Å². The first kappa shape index (κ1) is 25.5. The Morgan fingerprint density at radius 1 is 1.06 bits per heavy atom. The molecule has 0 amide bonds. The van der Waals surface area contributed by atoms with E-state index in [9.17, 15) is 13.2 Å². The molecule has 2 fully saturated rings. The van der Waals surface area contributed by atoms with Crippen molar-refractivity contribution >= 4 is 40.2 Å². The summed E-state index contributed by atoms with van der Waals surface area (Å²) in [7, 11) is 0. The van der Waals surface area contributed by atoms with Crippen LogP contribution in [0.25, 0.3) is 11.2 Å². The van der Waals surface area contributed by atoms with Gasteiger partial charge >= 0.3 is 6.18 Å². The van der Waals surface area contributed by atoms with E-state index in [1.54, 1.807) is 25.1 Å². The summed E-state index contributed by atoms with van der Waals surface area (Å²) in [5.41, 5.74) is -0.626. The van der Waals surface area contributed by atoms with Crippen LogP contribution in [0.3, 0.4) is 0 Å². The highest BCUT2D eigenvalue weighted by Crippen LogP contribution is 2.38. The summed E-state index contributed by atoms with van der Waals surface area (Å²) in [6.45, 7) is 10.1. The number of hydrogen-bond donors (Lipinski definition) is 0. The van der Waals surface area contributed by atoms with Crippen molar-refractivity contribution in [1.29, 1.82) is 0 Å². The lowest BCUT2D eigenvalue weighted by Crippen LogP contribution is -2.54. The molecular weight excluding hydrogens is 512 g/mol. The van der Waals surface area contributed by atoms with Crippen LogP contribution in [0.1, 0.15) is 50.9 Å². The van der Waals surface area contributed by atoms with E-state index in [0.717, 1.165) is 26.2 Å². The van der Waals surface area contributed by atoms with Gasteiger partial charge in [-0.05, 0) is 69.7 Å². The molecule has 36 heavy (non-hydrogen) atoms. The number of likely N-dealkylation sites (tertiary alicyclic amines) is 1. The summed E-state index contributed by atoms with van der Waals surface area (Å²) < 4.78 is 42.7. The molecule has 0 spiro atoms. The Kier molecular flexibility index (Phi) is 6.85.